The summed E-state index contributed by atoms with van der Waals surface area (Å²) in [5.41, 5.74) is 2.63. The van der Waals surface area contributed by atoms with Crippen molar-refractivity contribution < 1.29 is 13.2 Å². The van der Waals surface area contributed by atoms with Crippen molar-refractivity contribution in [2.24, 2.45) is 0 Å². The van der Waals surface area contributed by atoms with Gasteiger partial charge in [-0.15, -0.1) is 0 Å². The maximum Gasteiger partial charge on any atom is 0.261 e. The van der Waals surface area contributed by atoms with Gasteiger partial charge in [-0.3, -0.25) is 9.52 Å². The Morgan fingerprint density at radius 3 is 2.22 bits per heavy atom. The summed E-state index contributed by atoms with van der Waals surface area (Å²) < 4.78 is 28.6. The van der Waals surface area contributed by atoms with Gasteiger partial charge in [0.2, 0.25) is 0 Å². The van der Waals surface area contributed by atoms with Crippen molar-refractivity contribution in [3.63, 3.8) is 0 Å². The molecule has 3 N–H and O–H groups in total. The lowest BCUT2D eigenvalue weighted by Crippen LogP contribution is -2.44. The van der Waals surface area contributed by atoms with Crippen molar-refractivity contribution >= 4 is 27.3 Å². The third-order valence-electron chi connectivity index (χ3n) is 5.40. The van der Waals surface area contributed by atoms with Crippen molar-refractivity contribution in [1.29, 1.82) is 0 Å². The molecule has 8 heteroatoms. The fourth-order valence-corrected chi connectivity index (χ4v) is 4.70. The molecule has 0 saturated carbocycles. The van der Waals surface area contributed by atoms with Gasteiger partial charge in [-0.05, 0) is 55.2 Å². The molecule has 2 aromatic rings. The zero-order chi connectivity index (χ0) is 23.5. The minimum absolute atomic E-state index is 0.0277. The van der Waals surface area contributed by atoms with Crippen LogP contribution < -0.4 is 20.3 Å². The van der Waals surface area contributed by atoms with E-state index in [1.165, 1.54) is 0 Å². The van der Waals surface area contributed by atoms with Crippen molar-refractivity contribution in [3.8, 4) is 0 Å². The molecule has 0 unspecified atom stereocenters. The molecule has 174 valence electrons. The highest BCUT2D eigenvalue weighted by Crippen LogP contribution is 2.28. The van der Waals surface area contributed by atoms with Crippen LogP contribution >= 0.6 is 0 Å². The number of nitrogens with zero attached hydrogens (tertiary/aromatic N) is 1. The highest BCUT2D eigenvalue weighted by molar-refractivity contribution is 7.92. The monoisotopic (exact) mass is 458 g/mol. The van der Waals surface area contributed by atoms with Gasteiger partial charge in [-0.1, -0.05) is 32.9 Å². The number of carbonyl (C=O) groups is 1. The largest absolute Gasteiger partial charge is 0.368 e. The first-order valence-corrected chi connectivity index (χ1v) is 12.5. The van der Waals surface area contributed by atoms with Crippen LogP contribution in [0.5, 0.6) is 0 Å². The second-order valence-electron chi connectivity index (χ2n) is 9.48. The third-order valence-corrected chi connectivity index (χ3v) is 6.80. The normalized spacial score (nSPS) is 15.0. The van der Waals surface area contributed by atoms with Gasteiger partial charge < -0.3 is 15.5 Å². The van der Waals surface area contributed by atoms with Gasteiger partial charge in [0.1, 0.15) is 0 Å². The Balaban J connectivity index is 1.90. The Hall–Kier alpha value is -2.58. The van der Waals surface area contributed by atoms with Crippen molar-refractivity contribution in [2.45, 2.75) is 51.0 Å². The molecule has 1 heterocycles. The Kier molecular flexibility index (Phi) is 7.15. The lowest BCUT2D eigenvalue weighted by molar-refractivity contribution is 0.0943. The predicted molar refractivity (Wildman–Crippen MR) is 130 cm³/mol. The molecule has 3 rings (SSSR count). The summed E-state index contributed by atoms with van der Waals surface area (Å²) in [7, 11) is -3.78. The quantitative estimate of drug-likeness (QED) is 0.618. The van der Waals surface area contributed by atoms with Crippen molar-refractivity contribution in [1.82, 2.24) is 10.6 Å². The van der Waals surface area contributed by atoms with E-state index >= 15 is 0 Å². The van der Waals surface area contributed by atoms with Crippen LogP contribution in [0.1, 0.15) is 50.5 Å². The van der Waals surface area contributed by atoms with Gasteiger partial charge in [0.05, 0.1) is 10.5 Å². The molecular weight excluding hydrogens is 424 g/mol. The number of hydrogen-bond acceptors (Lipinski definition) is 5. The Bertz CT molecular complexity index is 1050. The first-order valence-electron chi connectivity index (χ1n) is 11.0. The second-order valence-corrected chi connectivity index (χ2v) is 11.2. The molecule has 0 radical (unpaired) electrons. The number of benzene rings is 2. The molecule has 0 spiro atoms. The minimum Gasteiger partial charge on any atom is -0.368 e. The molecule has 1 saturated heterocycles. The van der Waals surface area contributed by atoms with Crippen molar-refractivity contribution in [3.05, 3.63) is 53.6 Å². The van der Waals surface area contributed by atoms with E-state index in [2.05, 4.69) is 41.0 Å². The van der Waals surface area contributed by atoms with Crippen LogP contribution in [0.15, 0.2) is 47.4 Å². The van der Waals surface area contributed by atoms with E-state index < -0.39 is 10.0 Å². The predicted octanol–water partition coefficient (Wildman–Crippen LogP) is 3.33. The molecule has 1 amide bonds. The van der Waals surface area contributed by atoms with Crippen LogP contribution in [0.4, 0.5) is 11.4 Å². The standard InChI is InChI=1S/C24H34N4O3S/c1-17(2)26-23(29)21-16-19(8-11-22(21)28-14-12-25-13-15-28)27-32(30,31)20-9-6-18(7-10-20)24(3,4)5/h6-11,16-17,25,27H,12-15H2,1-5H3,(H,26,29). The molecule has 0 atom stereocenters. The van der Waals surface area contributed by atoms with Gasteiger partial charge in [-0.2, -0.15) is 0 Å². The lowest BCUT2D eigenvalue weighted by Gasteiger charge is -2.31. The Morgan fingerprint density at radius 2 is 1.66 bits per heavy atom. The molecule has 2 aromatic carbocycles. The average Bonchev–Trinajstić information content (AvgIpc) is 2.73. The highest BCUT2D eigenvalue weighted by Gasteiger charge is 2.22. The molecule has 1 fully saturated rings. The van der Waals surface area contributed by atoms with E-state index in [0.29, 0.717) is 11.3 Å². The van der Waals surface area contributed by atoms with Crippen molar-refractivity contribution in [2.75, 3.05) is 35.8 Å². The maximum absolute atomic E-state index is 13.0. The van der Waals surface area contributed by atoms with E-state index in [9.17, 15) is 13.2 Å². The Morgan fingerprint density at radius 1 is 1.03 bits per heavy atom. The average molecular weight is 459 g/mol. The zero-order valence-corrected chi connectivity index (χ0v) is 20.3. The summed E-state index contributed by atoms with van der Waals surface area (Å²) in [4.78, 5) is 15.2. The topological polar surface area (TPSA) is 90.5 Å². The number of sulfonamides is 1. The fraction of sp³-hybridized carbons (Fsp3) is 0.458. The highest BCUT2D eigenvalue weighted by atomic mass is 32.2. The van der Waals surface area contributed by atoms with Gasteiger partial charge in [0, 0.05) is 43.6 Å². The maximum atomic E-state index is 13.0. The molecule has 0 bridgehead atoms. The zero-order valence-electron chi connectivity index (χ0n) is 19.5. The summed E-state index contributed by atoms with van der Waals surface area (Å²) >= 11 is 0. The number of piperazine rings is 1. The summed E-state index contributed by atoms with van der Waals surface area (Å²) in [6, 6.07) is 12.0. The van der Waals surface area contributed by atoms with Crippen LogP contribution in [0.3, 0.4) is 0 Å². The minimum atomic E-state index is -3.78. The van der Waals surface area contributed by atoms with Gasteiger partial charge >= 0.3 is 0 Å². The molecule has 7 nitrogen and oxygen atoms in total. The summed E-state index contributed by atoms with van der Waals surface area (Å²) in [5, 5.41) is 6.23. The molecule has 1 aliphatic heterocycles. The van der Waals surface area contributed by atoms with Gasteiger partial charge in [0.15, 0.2) is 0 Å². The van der Waals surface area contributed by atoms with E-state index in [1.54, 1.807) is 24.3 Å². The van der Waals surface area contributed by atoms with Crippen LogP contribution in [0, 0.1) is 0 Å². The number of amides is 1. The second kappa shape index (κ2) is 9.50. The molecular formula is C24H34N4O3S. The van der Waals surface area contributed by atoms with Crippen LogP contribution in [-0.4, -0.2) is 46.5 Å². The first-order chi connectivity index (χ1) is 15.0. The smallest absolute Gasteiger partial charge is 0.261 e. The van der Waals surface area contributed by atoms with Gasteiger partial charge in [-0.25, -0.2) is 8.42 Å². The molecule has 0 aromatic heterocycles. The fourth-order valence-electron chi connectivity index (χ4n) is 3.65. The van der Waals surface area contributed by atoms with E-state index in [1.807, 2.05) is 32.0 Å². The third kappa shape index (κ3) is 5.81. The first kappa shape index (κ1) is 24.1. The number of hydrogen-bond donors (Lipinski definition) is 3. The van der Waals surface area contributed by atoms with E-state index in [4.69, 9.17) is 0 Å². The molecule has 1 aliphatic rings. The van der Waals surface area contributed by atoms with Gasteiger partial charge in [0.25, 0.3) is 15.9 Å². The number of nitrogens with one attached hydrogen (secondary N) is 3. The summed E-state index contributed by atoms with van der Waals surface area (Å²) in [6.07, 6.45) is 0. The van der Waals surface area contributed by atoms with E-state index in [0.717, 1.165) is 37.4 Å². The van der Waals surface area contributed by atoms with Crippen LogP contribution in [0.2, 0.25) is 0 Å². The summed E-state index contributed by atoms with van der Waals surface area (Å²) in [5.74, 6) is -0.218. The number of carbonyl (C=O) groups excluding carboxylic acids is 1. The lowest BCUT2D eigenvalue weighted by atomic mass is 9.87. The SMILES string of the molecule is CC(C)NC(=O)c1cc(NS(=O)(=O)c2ccc(C(C)(C)C)cc2)ccc1N1CCNCC1. The molecule has 32 heavy (non-hydrogen) atoms. The summed E-state index contributed by atoms with van der Waals surface area (Å²) in [6.45, 7) is 13.3. The van der Waals surface area contributed by atoms with E-state index in [-0.39, 0.29) is 22.3 Å². The number of anilines is 2. The van der Waals surface area contributed by atoms with Crippen LogP contribution in [0.25, 0.3) is 0 Å². The molecule has 0 aliphatic carbocycles. The number of rotatable bonds is 6. The Labute approximate surface area is 191 Å². The van der Waals surface area contributed by atoms with Crippen LogP contribution in [-0.2, 0) is 15.4 Å².